The van der Waals surface area contributed by atoms with Crippen molar-refractivity contribution in [1.29, 1.82) is 0 Å². The number of ether oxygens (including phenoxy) is 1. The fraction of sp³-hybridized carbons (Fsp3) is 0.308. The van der Waals surface area contributed by atoms with E-state index >= 15 is 0 Å². The number of benzene rings is 1. The van der Waals surface area contributed by atoms with Crippen molar-refractivity contribution < 1.29 is 4.74 Å². The van der Waals surface area contributed by atoms with Crippen LogP contribution < -0.4 is 10.5 Å². The smallest absolute Gasteiger partial charge is 0.122 e. The minimum atomic E-state index is 0.566. The highest BCUT2D eigenvalue weighted by molar-refractivity contribution is 7.11. The third kappa shape index (κ3) is 3.28. The molecular formula is C13H16N2OS. The van der Waals surface area contributed by atoms with Crippen LogP contribution in [0, 0.1) is 6.92 Å². The minimum absolute atomic E-state index is 0.566. The average Bonchev–Trinajstić information content (AvgIpc) is 2.80. The van der Waals surface area contributed by atoms with Gasteiger partial charge in [0.25, 0.3) is 0 Å². The Labute approximate surface area is 105 Å². The Morgan fingerprint density at radius 1 is 1.35 bits per heavy atom. The molecule has 4 heteroatoms. The molecule has 90 valence electrons. The molecule has 0 aliphatic carbocycles. The molecule has 17 heavy (non-hydrogen) atoms. The van der Waals surface area contributed by atoms with E-state index in [1.54, 1.807) is 11.3 Å². The van der Waals surface area contributed by atoms with Crippen LogP contribution in [0.2, 0.25) is 0 Å². The van der Waals surface area contributed by atoms with Gasteiger partial charge in [-0.2, -0.15) is 0 Å². The first-order valence-electron chi connectivity index (χ1n) is 5.61. The number of hydrogen-bond donors (Lipinski definition) is 1. The molecule has 0 aliphatic rings. The molecule has 0 aliphatic heterocycles. The molecule has 0 fully saturated rings. The van der Waals surface area contributed by atoms with E-state index in [9.17, 15) is 0 Å². The zero-order valence-electron chi connectivity index (χ0n) is 9.85. The Morgan fingerprint density at radius 2 is 2.18 bits per heavy atom. The molecule has 0 amide bonds. The van der Waals surface area contributed by atoms with E-state index in [2.05, 4.69) is 4.98 Å². The lowest BCUT2D eigenvalue weighted by molar-refractivity contribution is 0.319. The van der Waals surface area contributed by atoms with E-state index in [1.165, 1.54) is 0 Å². The number of aromatic nitrogens is 1. The molecule has 1 aromatic heterocycles. The maximum Gasteiger partial charge on any atom is 0.122 e. The molecule has 0 unspecified atom stereocenters. The average molecular weight is 248 g/mol. The van der Waals surface area contributed by atoms with Crippen molar-refractivity contribution in [2.75, 3.05) is 6.61 Å². The number of nitrogens with zero attached hydrogens (tertiary/aromatic N) is 1. The summed E-state index contributed by atoms with van der Waals surface area (Å²) in [6.45, 7) is 3.27. The first-order valence-corrected chi connectivity index (χ1v) is 6.43. The van der Waals surface area contributed by atoms with Gasteiger partial charge in [-0.05, 0) is 18.6 Å². The molecule has 0 saturated heterocycles. The van der Waals surface area contributed by atoms with Gasteiger partial charge in [-0.25, -0.2) is 4.98 Å². The summed E-state index contributed by atoms with van der Waals surface area (Å²) in [6.07, 6.45) is 2.67. The van der Waals surface area contributed by atoms with Gasteiger partial charge in [0.15, 0.2) is 0 Å². The normalized spacial score (nSPS) is 10.5. The van der Waals surface area contributed by atoms with Crippen LogP contribution >= 0.6 is 11.3 Å². The minimum Gasteiger partial charge on any atom is -0.493 e. The highest BCUT2D eigenvalue weighted by atomic mass is 32.1. The zero-order chi connectivity index (χ0) is 12.1. The number of hydrogen-bond acceptors (Lipinski definition) is 4. The molecule has 2 rings (SSSR count). The Balaban J connectivity index is 1.85. The zero-order valence-corrected chi connectivity index (χ0v) is 10.7. The van der Waals surface area contributed by atoms with Crippen LogP contribution in [0.25, 0.3) is 0 Å². The van der Waals surface area contributed by atoms with Gasteiger partial charge in [0.05, 0.1) is 11.6 Å². The summed E-state index contributed by atoms with van der Waals surface area (Å²) >= 11 is 1.66. The standard InChI is InChI=1S/C13H16N2OS/c1-10-4-2-3-5-12(10)16-7-6-13-15-9-11(8-14)17-13/h2-5,9H,6-8,14H2,1H3. The lowest BCUT2D eigenvalue weighted by Crippen LogP contribution is -2.01. The van der Waals surface area contributed by atoms with Crippen LogP contribution in [0.1, 0.15) is 15.4 Å². The molecule has 0 bridgehead atoms. The van der Waals surface area contributed by atoms with E-state index < -0.39 is 0 Å². The molecule has 1 aromatic carbocycles. The van der Waals surface area contributed by atoms with E-state index in [1.807, 2.05) is 37.4 Å². The van der Waals surface area contributed by atoms with Crippen LogP contribution in [0.5, 0.6) is 5.75 Å². The van der Waals surface area contributed by atoms with Crippen LogP contribution in [-0.4, -0.2) is 11.6 Å². The maximum atomic E-state index is 5.72. The summed E-state index contributed by atoms with van der Waals surface area (Å²) in [5.74, 6) is 0.947. The highest BCUT2D eigenvalue weighted by Gasteiger charge is 2.02. The molecule has 0 spiro atoms. The maximum absolute atomic E-state index is 5.72. The Bertz CT molecular complexity index is 482. The third-order valence-electron chi connectivity index (χ3n) is 2.47. The van der Waals surface area contributed by atoms with E-state index in [-0.39, 0.29) is 0 Å². The van der Waals surface area contributed by atoms with Gasteiger partial charge in [0, 0.05) is 24.0 Å². The topological polar surface area (TPSA) is 48.1 Å². The van der Waals surface area contributed by atoms with Gasteiger partial charge in [0.2, 0.25) is 0 Å². The Kier molecular flexibility index (Phi) is 4.12. The van der Waals surface area contributed by atoms with Crippen molar-refractivity contribution in [2.24, 2.45) is 5.73 Å². The second-order valence-electron chi connectivity index (χ2n) is 3.79. The van der Waals surface area contributed by atoms with E-state index in [4.69, 9.17) is 10.5 Å². The second kappa shape index (κ2) is 5.80. The van der Waals surface area contributed by atoms with Gasteiger partial charge in [-0.1, -0.05) is 18.2 Å². The first kappa shape index (κ1) is 12.1. The van der Waals surface area contributed by atoms with Gasteiger partial charge >= 0.3 is 0 Å². The lowest BCUT2D eigenvalue weighted by atomic mass is 10.2. The van der Waals surface area contributed by atoms with Crippen molar-refractivity contribution in [3.05, 3.63) is 45.9 Å². The van der Waals surface area contributed by atoms with Gasteiger partial charge in [-0.3, -0.25) is 0 Å². The number of nitrogens with two attached hydrogens (primary N) is 1. The number of thiazole rings is 1. The summed E-state index contributed by atoms with van der Waals surface area (Å²) in [5, 5.41) is 1.08. The van der Waals surface area contributed by atoms with Crippen molar-refractivity contribution in [2.45, 2.75) is 19.9 Å². The lowest BCUT2D eigenvalue weighted by Gasteiger charge is -2.07. The SMILES string of the molecule is Cc1ccccc1OCCc1ncc(CN)s1. The summed E-state index contributed by atoms with van der Waals surface area (Å²) in [4.78, 5) is 5.42. The molecular weight excluding hydrogens is 232 g/mol. The fourth-order valence-electron chi connectivity index (χ4n) is 1.52. The number of para-hydroxylation sites is 1. The van der Waals surface area contributed by atoms with E-state index in [0.29, 0.717) is 13.2 Å². The van der Waals surface area contributed by atoms with Crippen molar-refractivity contribution in [1.82, 2.24) is 4.98 Å². The Hall–Kier alpha value is -1.39. The summed E-state index contributed by atoms with van der Waals surface area (Å²) in [5.41, 5.74) is 6.70. The third-order valence-corrected chi connectivity index (χ3v) is 3.55. The predicted molar refractivity (Wildman–Crippen MR) is 70.4 cm³/mol. The first-order chi connectivity index (χ1) is 8.29. The van der Waals surface area contributed by atoms with Crippen LogP contribution in [0.3, 0.4) is 0 Å². The molecule has 2 aromatic rings. The molecule has 0 saturated carbocycles. The summed E-state index contributed by atoms with van der Waals surface area (Å²) in [6, 6.07) is 8.03. The van der Waals surface area contributed by atoms with Crippen LogP contribution in [0.4, 0.5) is 0 Å². The quantitative estimate of drug-likeness (QED) is 0.884. The van der Waals surface area contributed by atoms with Gasteiger partial charge in [0.1, 0.15) is 5.75 Å². The largest absolute Gasteiger partial charge is 0.493 e. The van der Waals surface area contributed by atoms with Crippen molar-refractivity contribution in [3.63, 3.8) is 0 Å². The molecule has 0 radical (unpaired) electrons. The van der Waals surface area contributed by atoms with Gasteiger partial charge < -0.3 is 10.5 Å². The summed E-state index contributed by atoms with van der Waals surface area (Å²) in [7, 11) is 0. The summed E-state index contributed by atoms with van der Waals surface area (Å²) < 4.78 is 5.72. The molecule has 2 N–H and O–H groups in total. The van der Waals surface area contributed by atoms with Crippen LogP contribution in [-0.2, 0) is 13.0 Å². The van der Waals surface area contributed by atoms with E-state index in [0.717, 1.165) is 27.6 Å². The van der Waals surface area contributed by atoms with Crippen molar-refractivity contribution >= 4 is 11.3 Å². The molecule has 3 nitrogen and oxygen atoms in total. The molecule has 0 atom stereocenters. The van der Waals surface area contributed by atoms with Crippen LogP contribution in [0.15, 0.2) is 30.5 Å². The van der Waals surface area contributed by atoms with Crippen molar-refractivity contribution in [3.8, 4) is 5.75 Å². The molecule has 1 heterocycles. The number of aryl methyl sites for hydroxylation is 1. The van der Waals surface area contributed by atoms with Gasteiger partial charge in [-0.15, -0.1) is 11.3 Å². The number of rotatable bonds is 5. The Morgan fingerprint density at radius 3 is 2.88 bits per heavy atom. The monoisotopic (exact) mass is 248 g/mol. The fourth-order valence-corrected chi connectivity index (χ4v) is 2.31. The highest BCUT2D eigenvalue weighted by Crippen LogP contribution is 2.17. The second-order valence-corrected chi connectivity index (χ2v) is 4.99. The predicted octanol–water partition coefficient (Wildman–Crippen LogP) is 2.53.